The minimum Gasteiger partial charge on any atom is -0.396 e. The molecule has 0 fully saturated rings. The summed E-state index contributed by atoms with van der Waals surface area (Å²) in [5.74, 6) is -0.00833. The normalized spacial score (nSPS) is 18.2. The zero-order chi connectivity index (χ0) is 23.5. The van der Waals surface area contributed by atoms with E-state index in [2.05, 4.69) is 96.3 Å². The fourth-order valence-corrected chi connectivity index (χ4v) is 5.40. The second-order valence-corrected chi connectivity index (χ2v) is 9.35. The Labute approximate surface area is 201 Å². The van der Waals surface area contributed by atoms with E-state index in [4.69, 9.17) is 0 Å². The van der Waals surface area contributed by atoms with Crippen LogP contribution in [0.25, 0.3) is 11.1 Å². The third-order valence-corrected chi connectivity index (χ3v) is 6.91. The summed E-state index contributed by atoms with van der Waals surface area (Å²) in [6.07, 6.45) is 0.479. The highest BCUT2D eigenvalue weighted by Crippen LogP contribution is 2.52. The maximum Gasteiger partial charge on any atom is 0.106 e. The van der Waals surface area contributed by atoms with Gasteiger partial charge in [0.05, 0.1) is 5.54 Å². The number of aliphatic hydroxyl groups excluding tert-OH is 2. The predicted molar refractivity (Wildman–Crippen MR) is 137 cm³/mol. The Morgan fingerprint density at radius 2 is 1.41 bits per heavy atom. The first-order valence-electron chi connectivity index (χ1n) is 12.0. The molecule has 3 heteroatoms. The molecule has 172 valence electrons. The fraction of sp³-hybridized carbons (Fsp3) is 0.226. The van der Waals surface area contributed by atoms with Gasteiger partial charge in [0, 0.05) is 6.61 Å². The number of hydrogen-bond acceptors (Lipinski definition) is 3. The highest BCUT2D eigenvalue weighted by molar-refractivity contribution is 5.84. The number of nitrogens with one attached hydrogen (secondary N) is 1. The van der Waals surface area contributed by atoms with Crippen molar-refractivity contribution >= 4 is 0 Å². The number of hydrogen-bond donors (Lipinski definition) is 3. The van der Waals surface area contributed by atoms with E-state index in [1.165, 1.54) is 27.8 Å². The van der Waals surface area contributed by atoms with Gasteiger partial charge < -0.3 is 10.2 Å². The van der Waals surface area contributed by atoms with Crippen LogP contribution in [0.5, 0.6) is 0 Å². The van der Waals surface area contributed by atoms with Gasteiger partial charge in [-0.25, -0.2) is 0 Å². The summed E-state index contributed by atoms with van der Waals surface area (Å²) >= 11 is 0. The standard InChI is InChI=1S/C31H31NO2/c1-22(21-33)19-29(34)32-31(25-14-6-3-7-15-25)28-18-9-8-16-26(28)27-17-10-13-24(30(27)31)20-23-11-4-2-5-12-23/h2-18,22,29,32-34H,19-21H2,1H3. The van der Waals surface area contributed by atoms with E-state index >= 15 is 0 Å². The Bertz CT molecular complexity index is 1250. The lowest BCUT2D eigenvalue weighted by Crippen LogP contribution is -2.49. The van der Waals surface area contributed by atoms with Crippen LogP contribution in [0.15, 0.2) is 103 Å². The molecule has 3 N–H and O–H groups in total. The summed E-state index contributed by atoms with van der Waals surface area (Å²) in [7, 11) is 0. The van der Waals surface area contributed by atoms with Gasteiger partial charge in [-0.05, 0) is 57.7 Å². The molecule has 0 saturated carbocycles. The van der Waals surface area contributed by atoms with E-state index in [0.717, 1.165) is 17.5 Å². The molecule has 0 amide bonds. The van der Waals surface area contributed by atoms with Gasteiger partial charge in [-0.2, -0.15) is 0 Å². The van der Waals surface area contributed by atoms with Crippen LogP contribution in [0.1, 0.15) is 41.2 Å². The maximum absolute atomic E-state index is 11.2. The van der Waals surface area contributed by atoms with E-state index in [1.807, 2.05) is 19.1 Å². The molecule has 4 aromatic carbocycles. The lowest BCUT2D eigenvalue weighted by atomic mass is 9.77. The average Bonchev–Trinajstić information content (AvgIpc) is 3.16. The van der Waals surface area contributed by atoms with Crippen molar-refractivity contribution in [1.82, 2.24) is 5.32 Å². The molecule has 3 unspecified atom stereocenters. The van der Waals surface area contributed by atoms with E-state index in [1.54, 1.807) is 0 Å². The molecule has 4 aromatic rings. The average molecular weight is 450 g/mol. The number of rotatable bonds is 8. The van der Waals surface area contributed by atoms with Gasteiger partial charge in [0.1, 0.15) is 6.23 Å². The summed E-state index contributed by atoms with van der Waals surface area (Å²) in [5, 5.41) is 24.5. The summed E-state index contributed by atoms with van der Waals surface area (Å²) < 4.78 is 0. The molecule has 0 aromatic heterocycles. The monoisotopic (exact) mass is 449 g/mol. The third-order valence-electron chi connectivity index (χ3n) is 6.91. The zero-order valence-corrected chi connectivity index (χ0v) is 19.5. The van der Waals surface area contributed by atoms with Gasteiger partial charge in [0.2, 0.25) is 0 Å². The van der Waals surface area contributed by atoms with Crippen LogP contribution >= 0.6 is 0 Å². The van der Waals surface area contributed by atoms with Gasteiger partial charge in [0.25, 0.3) is 0 Å². The molecular formula is C31H31NO2. The molecule has 0 radical (unpaired) electrons. The Hall–Kier alpha value is -3.24. The lowest BCUT2D eigenvalue weighted by Gasteiger charge is -2.38. The molecule has 0 spiro atoms. The molecule has 0 bridgehead atoms. The van der Waals surface area contributed by atoms with Gasteiger partial charge in [-0.3, -0.25) is 5.32 Å². The Balaban J connectivity index is 1.74. The Morgan fingerprint density at radius 3 is 2.15 bits per heavy atom. The zero-order valence-electron chi connectivity index (χ0n) is 19.5. The molecule has 0 aliphatic heterocycles. The van der Waals surface area contributed by atoms with E-state index in [0.29, 0.717) is 6.42 Å². The number of benzene rings is 4. The van der Waals surface area contributed by atoms with Crippen LogP contribution in [0, 0.1) is 5.92 Å². The predicted octanol–water partition coefficient (Wildman–Crippen LogP) is 5.48. The molecule has 1 aliphatic carbocycles. The van der Waals surface area contributed by atoms with Crippen LogP contribution in [0.4, 0.5) is 0 Å². The molecule has 0 heterocycles. The summed E-state index contributed by atoms with van der Waals surface area (Å²) in [4.78, 5) is 0. The van der Waals surface area contributed by atoms with Crippen molar-refractivity contribution in [3.63, 3.8) is 0 Å². The summed E-state index contributed by atoms with van der Waals surface area (Å²) in [6, 6.07) is 36.0. The first-order chi connectivity index (χ1) is 16.6. The fourth-order valence-electron chi connectivity index (χ4n) is 5.40. The quantitative estimate of drug-likeness (QED) is 0.312. The second kappa shape index (κ2) is 9.55. The molecule has 3 atom stereocenters. The number of fused-ring (bicyclic) bond motifs is 3. The van der Waals surface area contributed by atoms with Crippen molar-refractivity contribution < 1.29 is 10.2 Å². The largest absolute Gasteiger partial charge is 0.396 e. The molecule has 0 saturated heterocycles. The molecule has 1 aliphatic rings. The lowest BCUT2D eigenvalue weighted by molar-refractivity contribution is 0.0755. The topological polar surface area (TPSA) is 52.5 Å². The van der Waals surface area contributed by atoms with Crippen LogP contribution in [-0.2, 0) is 12.0 Å². The molecule has 34 heavy (non-hydrogen) atoms. The van der Waals surface area contributed by atoms with Gasteiger partial charge in [-0.1, -0.05) is 110 Å². The Kier molecular flexibility index (Phi) is 6.34. The van der Waals surface area contributed by atoms with Gasteiger partial charge >= 0.3 is 0 Å². The van der Waals surface area contributed by atoms with E-state index in [9.17, 15) is 10.2 Å². The first kappa shape index (κ1) is 22.5. The molecule has 5 rings (SSSR count). The minimum atomic E-state index is -0.786. The molecular weight excluding hydrogens is 418 g/mol. The number of aliphatic hydroxyl groups is 2. The van der Waals surface area contributed by atoms with Crippen molar-refractivity contribution in [2.75, 3.05) is 6.61 Å². The summed E-state index contributed by atoms with van der Waals surface area (Å²) in [5.41, 5.74) is 7.61. The van der Waals surface area contributed by atoms with Crippen molar-refractivity contribution in [3.05, 3.63) is 131 Å². The van der Waals surface area contributed by atoms with Crippen LogP contribution in [0.3, 0.4) is 0 Å². The van der Waals surface area contributed by atoms with E-state index in [-0.39, 0.29) is 12.5 Å². The van der Waals surface area contributed by atoms with Gasteiger partial charge in [0.15, 0.2) is 0 Å². The Morgan fingerprint density at radius 1 is 0.765 bits per heavy atom. The first-order valence-corrected chi connectivity index (χ1v) is 12.0. The SMILES string of the molecule is CC(CO)CC(O)NC1(c2ccccc2)c2ccccc2-c2cccc(Cc3ccccc3)c21. The van der Waals surface area contributed by atoms with E-state index < -0.39 is 11.8 Å². The highest BCUT2D eigenvalue weighted by atomic mass is 16.3. The van der Waals surface area contributed by atoms with Crippen molar-refractivity contribution in [2.45, 2.75) is 31.5 Å². The van der Waals surface area contributed by atoms with Crippen molar-refractivity contribution in [2.24, 2.45) is 5.92 Å². The highest BCUT2D eigenvalue weighted by Gasteiger charge is 2.46. The van der Waals surface area contributed by atoms with Crippen LogP contribution < -0.4 is 5.32 Å². The van der Waals surface area contributed by atoms with Crippen molar-refractivity contribution in [3.8, 4) is 11.1 Å². The minimum absolute atomic E-state index is 0.00833. The van der Waals surface area contributed by atoms with Crippen LogP contribution in [0.2, 0.25) is 0 Å². The second-order valence-electron chi connectivity index (χ2n) is 9.35. The smallest absolute Gasteiger partial charge is 0.106 e. The van der Waals surface area contributed by atoms with Gasteiger partial charge in [-0.15, -0.1) is 0 Å². The van der Waals surface area contributed by atoms with Crippen LogP contribution in [-0.4, -0.2) is 23.0 Å². The maximum atomic E-state index is 11.2. The van der Waals surface area contributed by atoms with Crippen molar-refractivity contribution in [1.29, 1.82) is 0 Å². The summed E-state index contributed by atoms with van der Waals surface area (Å²) in [6.45, 7) is 2.00. The third kappa shape index (κ3) is 3.97. The molecule has 3 nitrogen and oxygen atoms in total.